The van der Waals surface area contributed by atoms with Gasteiger partial charge >= 0.3 is 0 Å². The van der Waals surface area contributed by atoms with Gasteiger partial charge in [-0.3, -0.25) is 9.59 Å². The smallest absolute Gasteiger partial charge is 0.256 e. The summed E-state index contributed by atoms with van der Waals surface area (Å²) in [6, 6.07) is 2.02. The molecular weight excluding hydrogens is 304 g/mol. The number of nitrogens with zero attached hydrogens (tertiary/aromatic N) is 1. The van der Waals surface area contributed by atoms with E-state index in [2.05, 4.69) is 30.7 Å². The second kappa shape index (κ2) is 6.36. The van der Waals surface area contributed by atoms with Crippen LogP contribution in [0.1, 0.15) is 62.1 Å². The molecule has 2 atom stereocenters. The molecule has 1 amide bonds. The predicted molar refractivity (Wildman–Crippen MR) is 93.3 cm³/mol. The van der Waals surface area contributed by atoms with Gasteiger partial charge in [0.1, 0.15) is 5.56 Å². The van der Waals surface area contributed by atoms with Crippen molar-refractivity contribution in [3.8, 4) is 0 Å². The number of hydrogen-bond acceptors (Lipinski definition) is 3. The first-order valence-electron chi connectivity index (χ1n) is 8.90. The molecule has 0 aromatic carbocycles. The van der Waals surface area contributed by atoms with Crippen LogP contribution in [0.4, 0.5) is 0 Å². The quantitative estimate of drug-likeness (QED) is 0.922. The summed E-state index contributed by atoms with van der Waals surface area (Å²) in [5.41, 5.74) is 1.03. The topological polar surface area (TPSA) is 60.3 Å². The van der Waals surface area contributed by atoms with Crippen LogP contribution >= 0.6 is 0 Å². The average molecular weight is 332 g/mol. The molecule has 24 heavy (non-hydrogen) atoms. The van der Waals surface area contributed by atoms with Gasteiger partial charge in [0.25, 0.3) is 5.91 Å². The molecular formula is C19H28N2O3. The van der Waals surface area contributed by atoms with Crippen molar-refractivity contribution >= 4 is 5.91 Å². The van der Waals surface area contributed by atoms with E-state index in [4.69, 9.17) is 4.74 Å². The van der Waals surface area contributed by atoms with E-state index in [0.29, 0.717) is 18.5 Å². The van der Waals surface area contributed by atoms with Gasteiger partial charge in [-0.15, -0.1) is 0 Å². The SMILES string of the molecule is Cc1cc(=O)c(C(=O)NC[C@H]2CCO[C@@H]2C(C)(C)C)cn1C1CC1. The number of ether oxygens (including phenoxy) is 1. The second-order valence-electron chi connectivity index (χ2n) is 8.25. The highest BCUT2D eigenvalue weighted by Crippen LogP contribution is 2.36. The number of pyridine rings is 1. The number of aryl methyl sites for hydroxylation is 1. The fraction of sp³-hybridized carbons (Fsp3) is 0.684. The molecule has 1 aliphatic heterocycles. The Kier molecular flexibility index (Phi) is 4.56. The van der Waals surface area contributed by atoms with Crippen molar-refractivity contribution < 1.29 is 9.53 Å². The van der Waals surface area contributed by atoms with E-state index in [-0.39, 0.29) is 28.4 Å². The average Bonchev–Trinajstić information content (AvgIpc) is 3.20. The molecule has 2 aliphatic rings. The van der Waals surface area contributed by atoms with Crippen LogP contribution in [0.15, 0.2) is 17.1 Å². The van der Waals surface area contributed by atoms with Crippen LogP contribution in [0.2, 0.25) is 0 Å². The van der Waals surface area contributed by atoms with Gasteiger partial charge < -0.3 is 14.6 Å². The fourth-order valence-electron chi connectivity index (χ4n) is 3.68. The zero-order chi connectivity index (χ0) is 17.5. The molecule has 1 aromatic rings. The first kappa shape index (κ1) is 17.2. The number of hydrogen-bond donors (Lipinski definition) is 1. The molecule has 1 aliphatic carbocycles. The Morgan fingerprint density at radius 1 is 1.33 bits per heavy atom. The molecule has 2 fully saturated rings. The third kappa shape index (κ3) is 3.56. The van der Waals surface area contributed by atoms with Gasteiger partial charge in [-0.05, 0) is 31.6 Å². The standard InChI is InChI=1S/C19H28N2O3/c1-12-9-16(22)15(11-21(12)14-5-6-14)18(23)20-10-13-7-8-24-17(13)19(2,3)4/h9,11,13-14,17H,5-8,10H2,1-4H3,(H,20,23)/t13-,17+/m1/s1. The Labute approximate surface area is 143 Å². The maximum atomic E-state index is 12.5. The summed E-state index contributed by atoms with van der Waals surface area (Å²) in [5, 5.41) is 2.96. The predicted octanol–water partition coefficient (Wildman–Crippen LogP) is 2.67. The normalized spacial score (nSPS) is 24.2. The number of carbonyl (C=O) groups excluding carboxylic acids is 1. The second-order valence-corrected chi connectivity index (χ2v) is 8.25. The van der Waals surface area contributed by atoms with Crippen LogP contribution in [0.3, 0.4) is 0 Å². The van der Waals surface area contributed by atoms with Crippen LogP contribution < -0.4 is 10.7 Å². The third-order valence-electron chi connectivity index (χ3n) is 5.06. The minimum atomic E-state index is -0.269. The van der Waals surface area contributed by atoms with E-state index in [0.717, 1.165) is 31.6 Å². The highest BCUT2D eigenvalue weighted by molar-refractivity contribution is 5.93. The first-order chi connectivity index (χ1) is 11.3. The molecule has 0 radical (unpaired) electrons. The van der Waals surface area contributed by atoms with E-state index >= 15 is 0 Å². The Bertz CT molecular complexity index is 683. The Morgan fingerprint density at radius 2 is 2.04 bits per heavy atom. The molecule has 0 spiro atoms. The van der Waals surface area contributed by atoms with Gasteiger partial charge in [0, 0.05) is 43.1 Å². The van der Waals surface area contributed by atoms with Crippen molar-refractivity contribution in [2.75, 3.05) is 13.2 Å². The molecule has 0 unspecified atom stereocenters. The van der Waals surface area contributed by atoms with Gasteiger partial charge in [-0.2, -0.15) is 0 Å². The van der Waals surface area contributed by atoms with E-state index < -0.39 is 0 Å². The summed E-state index contributed by atoms with van der Waals surface area (Å²) >= 11 is 0. The van der Waals surface area contributed by atoms with Crippen LogP contribution in [-0.4, -0.2) is 29.7 Å². The van der Waals surface area contributed by atoms with Gasteiger partial charge in [-0.1, -0.05) is 20.8 Å². The lowest BCUT2D eigenvalue weighted by atomic mass is 9.81. The number of rotatable bonds is 4. The van der Waals surface area contributed by atoms with Crippen LogP contribution in [0.5, 0.6) is 0 Å². The maximum Gasteiger partial charge on any atom is 0.256 e. The zero-order valence-corrected chi connectivity index (χ0v) is 15.1. The van der Waals surface area contributed by atoms with Gasteiger partial charge in [-0.25, -0.2) is 0 Å². The van der Waals surface area contributed by atoms with E-state index in [1.165, 1.54) is 0 Å². The zero-order valence-electron chi connectivity index (χ0n) is 15.1. The molecule has 5 heteroatoms. The van der Waals surface area contributed by atoms with E-state index in [1.54, 1.807) is 12.3 Å². The number of amides is 1. The molecule has 1 saturated carbocycles. The minimum Gasteiger partial charge on any atom is -0.377 e. The summed E-state index contributed by atoms with van der Waals surface area (Å²) in [6.07, 6.45) is 5.06. The highest BCUT2D eigenvalue weighted by atomic mass is 16.5. The molecule has 3 rings (SSSR count). The lowest BCUT2D eigenvalue weighted by Gasteiger charge is -2.31. The lowest BCUT2D eigenvalue weighted by Crippen LogP contribution is -2.39. The van der Waals surface area contributed by atoms with Crippen LogP contribution in [-0.2, 0) is 4.74 Å². The monoisotopic (exact) mass is 332 g/mol. The van der Waals surface area contributed by atoms with Gasteiger partial charge in [0.15, 0.2) is 5.43 Å². The Hall–Kier alpha value is -1.62. The molecule has 0 bridgehead atoms. The molecule has 2 heterocycles. The molecule has 132 valence electrons. The summed E-state index contributed by atoms with van der Waals surface area (Å²) in [4.78, 5) is 24.7. The number of aromatic nitrogens is 1. The Morgan fingerprint density at radius 3 is 2.67 bits per heavy atom. The lowest BCUT2D eigenvalue weighted by molar-refractivity contribution is 0.00736. The Balaban J connectivity index is 1.69. The van der Waals surface area contributed by atoms with Crippen LogP contribution in [0, 0.1) is 18.3 Å². The fourth-order valence-corrected chi connectivity index (χ4v) is 3.68. The molecule has 1 N–H and O–H groups in total. The molecule has 1 aromatic heterocycles. The van der Waals surface area contributed by atoms with E-state index in [9.17, 15) is 9.59 Å². The summed E-state index contributed by atoms with van der Waals surface area (Å²) in [7, 11) is 0. The van der Waals surface area contributed by atoms with Crippen molar-refractivity contribution in [1.82, 2.24) is 9.88 Å². The van der Waals surface area contributed by atoms with Gasteiger partial charge in [0.05, 0.1) is 6.10 Å². The number of nitrogens with one attached hydrogen (secondary N) is 1. The van der Waals surface area contributed by atoms with Crippen molar-refractivity contribution in [3.05, 3.63) is 33.7 Å². The van der Waals surface area contributed by atoms with Crippen LogP contribution in [0.25, 0.3) is 0 Å². The largest absolute Gasteiger partial charge is 0.377 e. The third-order valence-corrected chi connectivity index (χ3v) is 5.06. The van der Waals surface area contributed by atoms with Gasteiger partial charge in [0.2, 0.25) is 0 Å². The maximum absolute atomic E-state index is 12.5. The summed E-state index contributed by atoms with van der Waals surface area (Å²) < 4.78 is 7.91. The number of carbonyl (C=O) groups is 1. The van der Waals surface area contributed by atoms with Crippen molar-refractivity contribution in [2.45, 2.75) is 59.1 Å². The summed E-state index contributed by atoms with van der Waals surface area (Å²) in [6.45, 7) is 9.69. The van der Waals surface area contributed by atoms with E-state index in [1.807, 2.05) is 6.92 Å². The molecule has 1 saturated heterocycles. The minimum absolute atomic E-state index is 0.0500. The highest BCUT2D eigenvalue weighted by Gasteiger charge is 2.37. The van der Waals surface area contributed by atoms with Crippen molar-refractivity contribution in [2.24, 2.45) is 11.3 Å². The first-order valence-corrected chi connectivity index (χ1v) is 8.90. The summed E-state index contributed by atoms with van der Waals surface area (Å²) in [5.74, 6) is 0.0269. The van der Waals surface area contributed by atoms with Crippen molar-refractivity contribution in [1.29, 1.82) is 0 Å². The molecule has 5 nitrogen and oxygen atoms in total. The van der Waals surface area contributed by atoms with Crippen molar-refractivity contribution in [3.63, 3.8) is 0 Å².